The molecule has 10 rings (SSSR count). The van der Waals surface area contributed by atoms with E-state index in [0.717, 1.165) is 126 Å². The van der Waals surface area contributed by atoms with Crippen molar-refractivity contribution in [1.29, 1.82) is 0 Å². The summed E-state index contributed by atoms with van der Waals surface area (Å²) in [5.74, 6) is -1.94. The van der Waals surface area contributed by atoms with Crippen LogP contribution in [0.3, 0.4) is 0 Å². The normalized spacial score (nSPS) is 20.7. The number of hydrogen-bond donors (Lipinski definition) is 4. The molecule has 18 heteroatoms. The van der Waals surface area contributed by atoms with Gasteiger partial charge in [0.25, 0.3) is 11.8 Å². The average molecular weight is 990 g/mol. The molecule has 374 valence electrons. The molecule has 6 heterocycles. The van der Waals surface area contributed by atoms with Crippen LogP contribution in [-0.4, -0.2) is 162 Å². The molecule has 71 heavy (non-hydrogen) atoms. The van der Waals surface area contributed by atoms with Crippen molar-refractivity contribution in [3.8, 4) is 22.9 Å². The fourth-order valence-corrected chi connectivity index (χ4v) is 11.4. The number of halogens is 2. The molecule has 4 amide bonds. The Morgan fingerprint density at radius 2 is 1.55 bits per heavy atom. The van der Waals surface area contributed by atoms with Crippen molar-refractivity contribution in [2.75, 3.05) is 95.9 Å². The van der Waals surface area contributed by atoms with Gasteiger partial charge in [-0.2, -0.15) is 9.97 Å². The molecule has 2 bridgehead atoms. The Morgan fingerprint density at radius 3 is 2.31 bits per heavy atom. The van der Waals surface area contributed by atoms with E-state index in [-0.39, 0.29) is 51.8 Å². The number of aromatic hydroxyl groups is 1. The molecule has 3 atom stereocenters. The Kier molecular flexibility index (Phi) is 14.7. The molecule has 0 aliphatic carbocycles. The lowest BCUT2D eigenvalue weighted by atomic mass is 9.96. The zero-order chi connectivity index (χ0) is 49.2. The Hall–Kier alpha value is -5.98. The van der Waals surface area contributed by atoms with Crippen LogP contribution in [0.15, 0.2) is 60.7 Å². The predicted molar refractivity (Wildman–Crippen MR) is 272 cm³/mol. The first-order valence-corrected chi connectivity index (χ1v) is 25.6. The Labute approximate surface area is 417 Å². The highest BCUT2D eigenvalue weighted by atomic mass is 35.5. The first kappa shape index (κ1) is 48.6. The van der Waals surface area contributed by atoms with Gasteiger partial charge in [0.2, 0.25) is 11.8 Å². The maximum absolute atomic E-state index is 17.0. The number of nitrogens with one attached hydrogen (secondary N) is 3. The SMILES string of the molecule is CN(CCCCN1CCN(CCCCNc2cccc3c2C(=O)N(C2CCC(=O)NC2=O)C3=O)CC1)CCCOc1nc(N2C[C@H]3CC[C@@H](C2)N3)c2cc(Cl)c(-c3cc(O)cc4ccccc34)c(F)c2n1. The number of nitrogens with zero attached hydrogens (tertiary/aromatic N) is 7. The van der Waals surface area contributed by atoms with Gasteiger partial charge in [-0.3, -0.25) is 29.4 Å². The molecule has 1 unspecified atom stereocenters. The monoisotopic (exact) mass is 988 g/mol. The number of carbonyl (C=O) groups is 4. The largest absolute Gasteiger partial charge is 0.508 e. The van der Waals surface area contributed by atoms with Crippen molar-refractivity contribution < 1.29 is 33.4 Å². The summed E-state index contributed by atoms with van der Waals surface area (Å²) in [4.78, 5) is 70.9. The number of ether oxygens (including phenoxy) is 1. The van der Waals surface area contributed by atoms with Crippen molar-refractivity contribution in [1.82, 2.24) is 40.2 Å². The highest BCUT2D eigenvalue weighted by Gasteiger charge is 2.45. The minimum Gasteiger partial charge on any atom is -0.508 e. The van der Waals surface area contributed by atoms with E-state index < -0.39 is 35.5 Å². The lowest BCUT2D eigenvalue weighted by molar-refractivity contribution is -0.136. The first-order chi connectivity index (χ1) is 34.5. The quantitative estimate of drug-likeness (QED) is 0.0538. The van der Waals surface area contributed by atoms with E-state index in [0.29, 0.717) is 47.7 Å². The summed E-state index contributed by atoms with van der Waals surface area (Å²) < 4.78 is 23.2. The van der Waals surface area contributed by atoms with Crippen molar-refractivity contribution >= 4 is 68.4 Å². The molecule has 0 spiro atoms. The molecule has 16 nitrogen and oxygen atoms in total. The van der Waals surface area contributed by atoms with Gasteiger partial charge >= 0.3 is 6.01 Å². The Morgan fingerprint density at radius 1 is 0.817 bits per heavy atom. The second kappa shape index (κ2) is 21.4. The van der Waals surface area contributed by atoms with Gasteiger partial charge in [-0.1, -0.05) is 41.9 Å². The number of rotatable bonds is 19. The van der Waals surface area contributed by atoms with Crippen LogP contribution in [0.5, 0.6) is 11.8 Å². The molecule has 5 aromatic rings. The van der Waals surface area contributed by atoms with Gasteiger partial charge in [0.05, 0.1) is 22.8 Å². The summed E-state index contributed by atoms with van der Waals surface area (Å²) in [6, 6.07) is 17.5. The zero-order valence-electron chi connectivity index (χ0n) is 40.2. The molecule has 1 aromatic heterocycles. The number of imide groups is 2. The molecule has 4 aromatic carbocycles. The van der Waals surface area contributed by atoms with E-state index >= 15 is 4.39 Å². The van der Waals surface area contributed by atoms with Gasteiger partial charge in [0.1, 0.15) is 23.1 Å². The topological polar surface area (TPSA) is 176 Å². The molecule has 0 radical (unpaired) electrons. The molecule has 4 fully saturated rings. The van der Waals surface area contributed by atoms with Crippen LogP contribution in [0.4, 0.5) is 15.9 Å². The maximum atomic E-state index is 17.0. The summed E-state index contributed by atoms with van der Waals surface area (Å²) in [5, 5.41) is 22.2. The third kappa shape index (κ3) is 10.5. The zero-order valence-corrected chi connectivity index (χ0v) is 41.0. The molecular formula is C53H62ClFN10O6. The van der Waals surface area contributed by atoms with E-state index in [4.69, 9.17) is 21.3 Å². The number of amides is 4. The number of fused-ring (bicyclic) bond motifs is 5. The number of piperazine rings is 2. The van der Waals surface area contributed by atoms with Gasteiger partial charge in [-0.05, 0) is 125 Å². The summed E-state index contributed by atoms with van der Waals surface area (Å²) in [7, 11) is 2.13. The molecular weight excluding hydrogens is 927 g/mol. The number of phenols is 1. The van der Waals surface area contributed by atoms with Crippen LogP contribution in [0.25, 0.3) is 32.8 Å². The van der Waals surface area contributed by atoms with Crippen LogP contribution >= 0.6 is 11.6 Å². The van der Waals surface area contributed by atoms with Gasteiger partial charge in [-0.25, -0.2) is 4.39 Å². The van der Waals surface area contributed by atoms with Crippen LogP contribution in [0.1, 0.15) is 78.5 Å². The minimum atomic E-state index is -0.985. The van der Waals surface area contributed by atoms with Crippen molar-refractivity contribution in [2.45, 2.75) is 75.9 Å². The van der Waals surface area contributed by atoms with Crippen LogP contribution in [0.2, 0.25) is 5.02 Å². The number of benzene rings is 4. The number of piperidine rings is 1. The molecule has 5 aliphatic heterocycles. The van der Waals surface area contributed by atoms with E-state index in [1.807, 2.05) is 24.3 Å². The van der Waals surface area contributed by atoms with Crippen LogP contribution in [-0.2, 0) is 9.59 Å². The number of aromatic nitrogens is 2. The lowest BCUT2D eigenvalue weighted by Crippen LogP contribution is -2.54. The highest BCUT2D eigenvalue weighted by molar-refractivity contribution is 6.35. The number of anilines is 2. The summed E-state index contributed by atoms with van der Waals surface area (Å²) in [6.45, 7) is 10.5. The van der Waals surface area contributed by atoms with Crippen molar-refractivity contribution in [2.24, 2.45) is 0 Å². The summed E-state index contributed by atoms with van der Waals surface area (Å²) in [5.41, 5.74) is 1.97. The third-order valence-electron chi connectivity index (χ3n) is 14.8. The average Bonchev–Trinajstić information content (AvgIpc) is 3.83. The van der Waals surface area contributed by atoms with Gasteiger partial charge in [-0.15, -0.1) is 0 Å². The first-order valence-electron chi connectivity index (χ1n) is 25.3. The smallest absolute Gasteiger partial charge is 0.319 e. The minimum absolute atomic E-state index is 0.0227. The molecule has 5 aliphatic rings. The number of unbranched alkanes of at least 4 members (excludes halogenated alkanes) is 2. The number of carbonyl (C=O) groups excluding carboxylic acids is 4. The van der Waals surface area contributed by atoms with Crippen LogP contribution in [0, 0.1) is 5.82 Å². The van der Waals surface area contributed by atoms with Crippen molar-refractivity contribution in [3.05, 3.63) is 82.6 Å². The molecule has 0 saturated carbocycles. The van der Waals surface area contributed by atoms with E-state index in [2.05, 4.69) is 47.6 Å². The second-order valence-corrected chi connectivity index (χ2v) is 20.1. The third-order valence-corrected chi connectivity index (χ3v) is 15.1. The number of hydrogen-bond acceptors (Lipinski definition) is 14. The summed E-state index contributed by atoms with van der Waals surface area (Å²) in [6.07, 6.45) is 7.24. The number of phenolic OH excluding ortho intramolecular Hbond substituents is 1. The predicted octanol–water partition coefficient (Wildman–Crippen LogP) is 6.28. The fourth-order valence-electron chi connectivity index (χ4n) is 11.1. The maximum Gasteiger partial charge on any atom is 0.319 e. The van der Waals surface area contributed by atoms with Crippen molar-refractivity contribution in [3.63, 3.8) is 0 Å². The van der Waals surface area contributed by atoms with E-state index in [9.17, 15) is 24.3 Å². The summed E-state index contributed by atoms with van der Waals surface area (Å²) >= 11 is 6.94. The van der Waals surface area contributed by atoms with E-state index in [1.54, 1.807) is 36.4 Å². The van der Waals surface area contributed by atoms with Gasteiger partial charge < -0.3 is 40.1 Å². The standard InChI is InChI=1S/C53H62ClFN10O6/c1-61(19-6-7-22-63-25-23-62(24-26-63)21-5-4-18-56-42-13-8-12-38-46(42)52(70)65(51(38)69)43-16-17-44(67)58-50(43)68)20-9-27-71-53-59-48-40(49(60-53)64-31-34-14-15-35(32-64)57-34)30-41(54)45(47(48)55)39-29-36(66)28-33-10-2-3-11-37(33)39/h2-3,8,10-13,28-30,34-35,43,56-57,66H,4-7,9,14-27,31-32H2,1H3,(H,58,67,68)/t34-,35+,43?. The van der Waals surface area contributed by atoms with Crippen LogP contribution < -0.4 is 25.6 Å². The van der Waals surface area contributed by atoms with Gasteiger partial charge in [0, 0.05) is 87.5 Å². The molecule has 4 saturated heterocycles. The van der Waals surface area contributed by atoms with Gasteiger partial charge in [0.15, 0.2) is 5.82 Å². The highest BCUT2D eigenvalue weighted by Crippen LogP contribution is 2.43. The lowest BCUT2D eigenvalue weighted by Gasteiger charge is -2.34. The molecule has 4 N–H and O–H groups in total. The fraction of sp³-hybridized carbons (Fsp3) is 0.472. The van der Waals surface area contributed by atoms with E-state index in [1.165, 1.54) is 0 Å². The second-order valence-electron chi connectivity index (χ2n) is 19.7. The Bertz CT molecular complexity index is 2830. The Balaban J connectivity index is 0.652.